The maximum Gasteiger partial charge on any atom is 0.490 e. The maximum absolute atomic E-state index is 12.4. The number of carboxylic acids is 1. The lowest BCUT2D eigenvalue weighted by atomic mass is 10.2. The van der Waals surface area contributed by atoms with Crippen molar-refractivity contribution in [1.82, 2.24) is 19.8 Å². The van der Waals surface area contributed by atoms with Crippen LogP contribution in [-0.4, -0.2) is 69.1 Å². The number of amides is 1. The van der Waals surface area contributed by atoms with Crippen molar-refractivity contribution in [3.05, 3.63) is 52.4 Å². The number of thiophene rings is 1. The Morgan fingerprint density at radius 1 is 1.18 bits per heavy atom. The highest BCUT2D eigenvalue weighted by Gasteiger charge is 2.38. The molecule has 0 saturated carbocycles. The van der Waals surface area contributed by atoms with Gasteiger partial charge in [-0.15, -0.1) is 11.3 Å². The molecule has 12 heteroatoms. The number of rotatable bonds is 5. The highest BCUT2D eigenvalue weighted by atomic mass is 35.5. The number of fused-ring (bicyclic) bond motifs is 1. The largest absolute Gasteiger partial charge is 0.490 e. The van der Waals surface area contributed by atoms with E-state index in [1.54, 1.807) is 23.9 Å². The second-order valence-corrected chi connectivity index (χ2v) is 8.89. The lowest BCUT2D eigenvalue weighted by Gasteiger charge is -2.34. The Labute approximate surface area is 196 Å². The maximum atomic E-state index is 12.4. The summed E-state index contributed by atoms with van der Waals surface area (Å²) in [6.07, 6.45) is -0.404. The smallest absolute Gasteiger partial charge is 0.475 e. The van der Waals surface area contributed by atoms with E-state index in [0.717, 1.165) is 55.2 Å². The predicted molar refractivity (Wildman–Crippen MR) is 119 cm³/mol. The Morgan fingerprint density at radius 2 is 1.85 bits per heavy atom. The summed E-state index contributed by atoms with van der Waals surface area (Å²) in [5.74, 6) is -2.54. The number of carbonyl (C=O) groups excluding carboxylic acids is 1. The Morgan fingerprint density at radius 3 is 2.42 bits per heavy atom. The van der Waals surface area contributed by atoms with E-state index in [0.29, 0.717) is 6.42 Å². The second-order valence-electron chi connectivity index (χ2n) is 7.37. The van der Waals surface area contributed by atoms with Gasteiger partial charge in [-0.3, -0.25) is 9.69 Å². The molecular formula is C21H22ClF3N4O3S. The molecule has 1 amide bonds. The standard InChI is InChI=1S/C19H21ClN4OS.C2HF3O2/c20-19-15-3-1-2-4-16(15)26-17(19)12-23-7-9-24(10-8-23)18(25)6-5-14-11-21-13-22-14;3-2(4,5)1(6)7/h1-4,11,13H,5-10,12H2,(H,21,22);(H,6,7). The molecular weight excluding hydrogens is 481 g/mol. The van der Waals surface area contributed by atoms with E-state index in [1.807, 2.05) is 17.0 Å². The molecule has 2 N–H and O–H groups in total. The summed E-state index contributed by atoms with van der Waals surface area (Å²) >= 11 is 8.32. The van der Waals surface area contributed by atoms with Crippen LogP contribution in [0.1, 0.15) is 17.0 Å². The van der Waals surface area contributed by atoms with Crippen molar-refractivity contribution in [2.45, 2.75) is 25.6 Å². The summed E-state index contributed by atoms with van der Waals surface area (Å²) in [5.41, 5.74) is 1.01. The average Bonchev–Trinajstić information content (AvgIpc) is 3.41. The minimum atomic E-state index is -5.08. The van der Waals surface area contributed by atoms with Gasteiger partial charge >= 0.3 is 12.1 Å². The third-order valence-electron chi connectivity index (χ3n) is 5.10. The number of carbonyl (C=O) groups is 2. The van der Waals surface area contributed by atoms with E-state index in [2.05, 4.69) is 27.0 Å². The molecule has 1 aliphatic rings. The van der Waals surface area contributed by atoms with Crippen LogP contribution < -0.4 is 0 Å². The SMILES string of the molecule is O=C(CCc1cnc[nH]1)N1CCN(Cc2sc3ccccc3c2Cl)CC1.O=C(O)C(F)(F)F. The van der Waals surface area contributed by atoms with Crippen LogP contribution >= 0.6 is 22.9 Å². The topological polar surface area (TPSA) is 89.5 Å². The zero-order valence-corrected chi connectivity index (χ0v) is 19.0. The molecule has 33 heavy (non-hydrogen) atoms. The highest BCUT2D eigenvalue weighted by Crippen LogP contribution is 2.36. The van der Waals surface area contributed by atoms with Crippen LogP contribution in [0.25, 0.3) is 10.1 Å². The number of hydrogen-bond acceptors (Lipinski definition) is 5. The predicted octanol–water partition coefficient (Wildman–Crippen LogP) is 4.19. The number of H-pyrrole nitrogens is 1. The lowest BCUT2D eigenvalue weighted by molar-refractivity contribution is -0.192. The Hall–Kier alpha value is -2.63. The van der Waals surface area contributed by atoms with Crippen molar-refractivity contribution in [3.63, 3.8) is 0 Å². The summed E-state index contributed by atoms with van der Waals surface area (Å²) in [7, 11) is 0. The summed E-state index contributed by atoms with van der Waals surface area (Å²) in [6, 6.07) is 8.27. The molecule has 2 aromatic heterocycles. The zero-order chi connectivity index (χ0) is 24.0. The number of piperazine rings is 1. The van der Waals surface area contributed by atoms with Crippen molar-refractivity contribution >= 4 is 44.9 Å². The number of aryl methyl sites for hydroxylation is 1. The number of aliphatic carboxylic acids is 1. The minimum absolute atomic E-state index is 0.221. The third-order valence-corrected chi connectivity index (χ3v) is 6.80. The van der Waals surface area contributed by atoms with Gasteiger partial charge in [-0.1, -0.05) is 29.8 Å². The van der Waals surface area contributed by atoms with Gasteiger partial charge in [0.15, 0.2) is 0 Å². The second kappa shape index (κ2) is 11.0. The van der Waals surface area contributed by atoms with Gasteiger partial charge in [-0.2, -0.15) is 13.2 Å². The van der Waals surface area contributed by atoms with Gasteiger partial charge in [0.25, 0.3) is 0 Å². The first-order valence-corrected chi connectivity index (χ1v) is 11.3. The molecule has 0 unspecified atom stereocenters. The molecule has 4 rings (SSSR count). The molecule has 0 aliphatic carbocycles. The molecule has 0 spiro atoms. The van der Waals surface area contributed by atoms with Gasteiger partial charge in [0.1, 0.15) is 0 Å². The first kappa shape index (κ1) is 25.0. The van der Waals surface area contributed by atoms with Crippen LogP contribution in [0.4, 0.5) is 13.2 Å². The first-order chi connectivity index (χ1) is 15.6. The van der Waals surface area contributed by atoms with Crippen molar-refractivity contribution in [2.75, 3.05) is 26.2 Å². The lowest BCUT2D eigenvalue weighted by Crippen LogP contribution is -2.48. The number of nitrogens with one attached hydrogen (secondary N) is 1. The van der Waals surface area contributed by atoms with Gasteiger partial charge in [0.2, 0.25) is 5.91 Å². The molecule has 0 bridgehead atoms. The number of aromatic amines is 1. The molecule has 178 valence electrons. The van der Waals surface area contributed by atoms with E-state index in [4.69, 9.17) is 21.5 Å². The monoisotopic (exact) mass is 502 g/mol. The van der Waals surface area contributed by atoms with Crippen LogP contribution in [0.3, 0.4) is 0 Å². The minimum Gasteiger partial charge on any atom is -0.475 e. The number of imidazole rings is 1. The molecule has 1 fully saturated rings. The van der Waals surface area contributed by atoms with E-state index in [-0.39, 0.29) is 5.91 Å². The van der Waals surface area contributed by atoms with E-state index in [1.165, 1.54) is 9.58 Å². The molecule has 1 aromatic carbocycles. The van der Waals surface area contributed by atoms with Crippen molar-refractivity contribution in [1.29, 1.82) is 0 Å². The Balaban J connectivity index is 0.000000383. The van der Waals surface area contributed by atoms with Crippen molar-refractivity contribution in [3.8, 4) is 0 Å². The third kappa shape index (κ3) is 6.92. The van der Waals surface area contributed by atoms with Crippen LogP contribution in [0.5, 0.6) is 0 Å². The van der Waals surface area contributed by atoms with Crippen molar-refractivity contribution < 1.29 is 27.9 Å². The van der Waals surface area contributed by atoms with Crippen molar-refractivity contribution in [2.24, 2.45) is 0 Å². The molecule has 0 atom stereocenters. The van der Waals surface area contributed by atoms with E-state index < -0.39 is 12.1 Å². The number of carboxylic acid groups (broad SMARTS) is 1. The summed E-state index contributed by atoms with van der Waals surface area (Å²) < 4.78 is 33.0. The van der Waals surface area contributed by atoms with Gasteiger partial charge in [0, 0.05) is 66.0 Å². The average molecular weight is 503 g/mol. The summed E-state index contributed by atoms with van der Waals surface area (Å²) in [6.45, 7) is 4.20. The normalized spacial score (nSPS) is 14.7. The number of halogens is 4. The molecule has 7 nitrogen and oxygen atoms in total. The van der Waals surface area contributed by atoms with Crippen LogP contribution in [0, 0.1) is 0 Å². The van der Waals surface area contributed by atoms with Crippen LogP contribution in [0.15, 0.2) is 36.8 Å². The number of nitrogens with zero attached hydrogens (tertiary/aromatic N) is 3. The summed E-state index contributed by atoms with van der Waals surface area (Å²) in [5, 5.41) is 9.14. The van der Waals surface area contributed by atoms with Gasteiger partial charge in [0.05, 0.1) is 11.3 Å². The fourth-order valence-electron chi connectivity index (χ4n) is 3.35. The van der Waals surface area contributed by atoms with Crippen LogP contribution in [0.2, 0.25) is 5.02 Å². The van der Waals surface area contributed by atoms with E-state index >= 15 is 0 Å². The van der Waals surface area contributed by atoms with Gasteiger partial charge < -0.3 is 15.0 Å². The van der Waals surface area contributed by atoms with Gasteiger partial charge in [-0.05, 0) is 12.5 Å². The number of hydrogen-bond donors (Lipinski definition) is 2. The fraction of sp³-hybridized carbons (Fsp3) is 0.381. The fourth-order valence-corrected chi connectivity index (χ4v) is 4.88. The molecule has 1 aliphatic heterocycles. The zero-order valence-electron chi connectivity index (χ0n) is 17.4. The molecule has 1 saturated heterocycles. The number of aromatic nitrogens is 2. The van der Waals surface area contributed by atoms with Crippen LogP contribution in [-0.2, 0) is 22.6 Å². The number of alkyl halides is 3. The van der Waals surface area contributed by atoms with Gasteiger partial charge in [-0.25, -0.2) is 9.78 Å². The Kier molecular flexibility index (Phi) is 8.33. The summed E-state index contributed by atoms with van der Waals surface area (Å²) in [4.78, 5) is 33.9. The first-order valence-electron chi connectivity index (χ1n) is 10.1. The highest BCUT2D eigenvalue weighted by molar-refractivity contribution is 7.19. The van der Waals surface area contributed by atoms with E-state index in [9.17, 15) is 18.0 Å². The quantitative estimate of drug-likeness (QED) is 0.546. The molecule has 3 heterocycles. The Bertz CT molecular complexity index is 1080. The molecule has 3 aromatic rings. The molecule has 0 radical (unpaired) electrons. The number of benzene rings is 1.